The first-order chi connectivity index (χ1) is 15.2. The molecule has 2 aromatic heterocycles. The van der Waals surface area contributed by atoms with Gasteiger partial charge in [-0.3, -0.25) is 14.7 Å². The molecule has 9 heteroatoms. The van der Waals surface area contributed by atoms with Gasteiger partial charge < -0.3 is 14.6 Å². The molecule has 1 aromatic carbocycles. The average molecular weight is 442 g/mol. The van der Waals surface area contributed by atoms with Gasteiger partial charge in [-0.1, -0.05) is 35.0 Å². The van der Waals surface area contributed by atoms with Crippen LogP contribution in [0.5, 0.6) is 0 Å². The van der Waals surface area contributed by atoms with Gasteiger partial charge in [-0.15, -0.1) is 0 Å². The number of rotatable bonds is 8. The number of carbonyl (C=O) groups is 1. The van der Waals surface area contributed by atoms with Crippen molar-refractivity contribution in [2.24, 2.45) is 0 Å². The van der Waals surface area contributed by atoms with Gasteiger partial charge in [0.2, 0.25) is 17.6 Å². The fraction of sp³-hybridized carbons (Fsp3) is 0.364. The van der Waals surface area contributed by atoms with E-state index in [1.807, 2.05) is 36.4 Å². The first-order valence-electron chi connectivity index (χ1n) is 10.3. The Morgan fingerprint density at radius 3 is 2.71 bits per heavy atom. The van der Waals surface area contributed by atoms with Gasteiger partial charge in [0.25, 0.3) is 0 Å². The number of hydrogen-bond acceptors (Lipinski definition) is 7. The van der Waals surface area contributed by atoms with Crippen LogP contribution >= 0.6 is 11.6 Å². The maximum atomic E-state index is 12.5. The summed E-state index contributed by atoms with van der Waals surface area (Å²) in [6, 6.07) is 11.4. The van der Waals surface area contributed by atoms with Crippen LogP contribution in [0.25, 0.3) is 11.4 Å². The van der Waals surface area contributed by atoms with E-state index < -0.39 is 0 Å². The van der Waals surface area contributed by atoms with Gasteiger partial charge in [-0.05, 0) is 23.8 Å². The van der Waals surface area contributed by atoms with Crippen molar-refractivity contribution in [3.8, 4) is 11.4 Å². The highest BCUT2D eigenvalue weighted by molar-refractivity contribution is 6.31. The molecular weight excluding hydrogens is 418 g/mol. The van der Waals surface area contributed by atoms with Crippen molar-refractivity contribution in [3.05, 3.63) is 65.3 Å². The quantitative estimate of drug-likeness (QED) is 0.574. The van der Waals surface area contributed by atoms with Crippen molar-refractivity contribution in [2.75, 3.05) is 32.8 Å². The minimum Gasteiger partial charge on any atom is -0.379 e. The zero-order valence-electron chi connectivity index (χ0n) is 17.0. The molecule has 8 nitrogen and oxygen atoms in total. The highest BCUT2D eigenvalue weighted by atomic mass is 35.5. The molecule has 1 N–H and O–H groups in total. The van der Waals surface area contributed by atoms with Crippen molar-refractivity contribution in [2.45, 2.75) is 18.9 Å². The van der Waals surface area contributed by atoms with E-state index in [1.165, 1.54) is 0 Å². The third kappa shape index (κ3) is 5.66. The minimum atomic E-state index is -0.0750. The molecule has 31 heavy (non-hydrogen) atoms. The third-order valence-electron chi connectivity index (χ3n) is 5.22. The van der Waals surface area contributed by atoms with Gasteiger partial charge in [0, 0.05) is 55.5 Å². The van der Waals surface area contributed by atoms with Gasteiger partial charge in [0.15, 0.2) is 0 Å². The Bertz CT molecular complexity index is 992. The van der Waals surface area contributed by atoms with Crippen molar-refractivity contribution in [1.29, 1.82) is 0 Å². The third-order valence-corrected chi connectivity index (χ3v) is 5.56. The van der Waals surface area contributed by atoms with E-state index in [2.05, 4.69) is 25.3 Å². The first kappa shape index (κ1) is 21.4. The lowest BCUT2D eigenvalue weighted by Gasteiger charge is -2.35. The second-order valence-electron chi connectivity index (χ2n) is 7.24. The number of hydrogen-bond donors (Lipinski definition) is 1. The summed E-state index contributed by atoms with van der Waals surface area (Å²) in [6.07, 6.45) is 3.97. The Morgan fingerprint density at radius 2 is 1.94 bits per heavy atom. The fourth-order valence-electron chi connectivity index (χ4n) is 3.56. The molecule has 0 aliphatic carbocycles. The largest absolute Gasteiger partial charge is 0.379 e. The van der Waals surface area contributed by atoms with Crippen LogP contribution < -0.4 is 5.32 Å². The molecule has 1 saturated heterocycles. The average Bonchev–Trinajstić information content (AvgIpc) is 3.29. The smallest absolute Gasteiger partial charge is 0.227 e. The highest BCUT2D eigenvalue weighted by Gasteiger charge is 2.25. The zero-order chi connectivity index (χ0) is 21.5. The Kier molecular flexibility index (Phi) is 7.24. The molecule has 4 rings (SSSR count). The van der Waals surface area contributed by atoms with E-state index in [9.17, 15) is 4.79 Å². The Balaban J connectivity index is 1.34. The number of amides is 1. The van der Waals surface area contributed by atoms with Gasteiger partial charge in [0.1, 0.15) is 0 Å². The number of carbonyl (C=O) groups excluding carboxylic acids is 1. The lowest BCUT2D eigenvalue weighted by molar-refractivity contribution is -0.121. The number of nitrogens with zero attached hydrogens (tertiary/aromatic N) is 4. The summed E-state index contributed by atoms with van der Waals surface area (Å²) in [4.78, 5) is 23.1. The van der Waals surface area contributed by atoms with Crippen LogP contribution in [0.15, 0.2) is 53.3 Å². The molecule has 162 valence electrons. The van der Waals surface area contributed by atoms with Crippen molar-refractivity contribution < 1.29 is 14.1 Å². The van der Waals surface area contributed by atoms with Crippen LogP contribution in [-0.4, -0.2) is 58.8 Å². The topological polar surface area (TPSA) is 93.4 Å². The summed E-state index contributed by atoms with van der Waals surface area (Å²) in [5.41, 5.74) is 1.83. The molecule has 1 aliphatic heterocycles. The molecule has 0 saturated carbocycles. The van der Waals surface area contributed by atoms with E-state index in [1.54, 1.807) is 12.4 Å². The van der Waals surface area contributed by atoms with Crippen LogP contribution in [-0.2, 0) is 16.0 Å². The number of aryl methyl sites for hydroxylation is 1. The Labute approximate surface area is 185 Å². The van der Waals surface area contributed by atoms with E-state index in [0.717, 1.165) is 24.2 Å². The minimum absolute atomic E-state index is 0.0109. The first-order valence-corrected chi connectivity index (χ1v) is 10.6. The monoisotopic (exact) mass is 441 g/mol. The van der Waals surface area contributed by atoms with Gasteiger partial charge in [-0.2, -0.15) is 4.98 Å². The molecule has 1 aliphatic rings. The number of nitrogens with one attached hydrogen (secondary N) is 1. The number of benzene rings is 1. The van der Waals surface area contributed by atoms with Gasteiger partial charge >= 0.3 is 0 Å². The second-order valence-corrected chi connectivity index (χ2v) is 7.64. The van der Waals surface area contributed by atoms with E-state index in [0.29, 0.717) is 42.9 Å². The SMILES string of the molecule is O=C(CCc1nc(-c2ccncc2)no1)NCC(c1ccccc1Cl)N1CCOCC1. The summed E-state index contributed by atoms with van der Waals surface area (Å²) < 4.78 is 10.7. The van der Waals surface area contributed by atoms with Crippen molar-refractivity contribution in [1.82, 2.24) is 25.3 Å². The van der Waals surface area contributed by atoms with Crippen molar-refractivity contribution >= 4 is 17.5 Å². The number of aromatic nitrogens is 3. The summed E-state index contributed by atoms with van der Waals surface area (Å²) in [7, 11) is 0. The molecular formula is C22H24ClN5O3. The standard InChI is InChI=1S/C22H24ClN5O3/c23-18-4-2-1-3-17(18)19(28-11-13-30-14-12-28)15-25-20(29)5-6-21-26-22(27-31-21)16-7-9-24-10-8-16/h1-4,7-10,19H,5-6,11-15H2,(H,25,29). The predicted octanol–water partition coefficient (Wildman–Crippen LogP) is 2.91. The molecule has 3 heterocycles. The number of pyridine rings is 1. The van der Waals surface area contributed by atoms with Gasteiger partial charge in [-0.25, -0.2) is 0 Å². The van der Waals surface area contributed by atoms with Crippen LogP contribution in [0.2, 0.25) is 5.02 Å². The summed E-state index contributed by atoms with van der Waals surface area (Å²) in [5.74, 6) is 0.843. The molecule has 0 bridgehead atoms. The fourth-order valence-corrected chi connectivity index (χ4v) is 3.83. The Hall–Kier alpha value is -2.81. The zero-order valence-corrected chi connectivity index (χ0v) is 17.8. The number of halogens is 1. The molecule has 3 aromatic rings. The lowest BCUT2D eigenvalue weighted by atomic mass is 10.0. The molecule has 0 spiro atoms. The molecule has 1 amide bonds. The summed E-state index contributed by atoms with van der Waals surface area (Å²) in [5, 5.41) is 7.70. The van der Waals surface area contributed by atoms with E-state index in [-0.39, 0.29) is 18.4 Å². The van der Waals surface area contributed by atoms with Crippen LogP contribution in [0, 0.1) is 0 Å². The number of ether oxygens (including phenoxy) is 1. The lowest BCUT2D eigenvalue weighted by Crippen LogP contribution is -2.44. The second kappa shape index (κ2) is 10.5. The Morgan fingerprint density at radius 1 is 1.16 bits per heavy atom. The van der Waals surface area contributed by atoms with Crippen LogP contribution in [0.1, 0.15) is 23.9 Å². The highest BCUT2D eigenvalue weighted by Crippen LogP contribution is 2.27. The maximum absolute atomic E-state index is 12.5. The van der Waals surface area contributed by atoms with Crippen LogP contribution in [0.4, 0.5) is 0 Å². The molecule has 1 atom stereocenters. The van der Waals surface area contributed by atoms with Crippen molar-refractivity contribution in [3.63, 3.8) is 0 Å². The van der Waals surface area contributed by atoms with Crippen LogP contribution in [0.3, 0.4) is 0 Å². The maximum Gasteiger partial charge on any atom is 0.227 e. The van der Waals surface area contributed by atoms with E-state index in [4.69, 9.17) is 20.9 Å². The summed E-state index contributed by atoms with van der Waals surface area (Å²) >= 11 is 6.45. The predicted molar refractivity (Wildman–Crippen MR) is 115 cm³/mol. The molecule has 0 radical (unpaired) electrons. The molecule has 1 unspecified atom stereocenters. The molecule has 1 fully saturated rings. The summed E-state index contributed by atoms with van der Waals surface area (Å²) in [6.45, 7) is 3.41. The normalized spacial score (nSPS) is 15.5. The number of morpholine rings is 1. The van der Waals surface area contributed by atoms with E-state index >= 15 is 0 Å². The van der Waals surface area contributed by atoms with Gasteiger partial charge in [0.05, 0.1) is 19.3 Å².